The summed E-state index contributed by atoms with van der Waals surface area (Å²) < 4.78 is 5.37. The molecule has 0 aliphatic carbocycles. The number of furan rings is 1. The molecule has 1 N–H and O–H groups in total. The molecule has 0 unspecified atom stereocenters. The molecule has 0 aromatic carbocycles. The van der Waals surface area contributed by atoms with Crippen LogP contribution < -0.4 is 5.32 Å². The normalized spacial score (nSPS) is 12.0. The average molecular weight is 448 g/mol. The van der Waals surface area contributed by atoms with Crippen molar-refractivity contribution in [3.63, 3.8) is 0 Å². The predicted molar refractivity (Wildman–Crippen MR) is 107 cm³/mol. The Kier molecular flexibility index (Phi) is 7.53. The van der Waals surface area contributed by atoms with Crippen molar-refractivity contribution in [2.24, 2.45) is 4.99 Å². The number of halogens is 1. The van der Waals surface area contributed by atoms with E-state index in [1.165, 1.54) is 0 Å². The molecule has 0 bridgehead atoms. The fourth-order valence-corrected chi connectivity index (χ4v) is 2.95. The van der Waals surface area contributed by atoms with Crippen LogP contribution in [0.15, 0.2) is 33.2 Å². The number of nitrogens with zero attached hydrogens (tertiary/aromatic N) is 3. The summed E-state index contributed by atoms with van der Waals surface area (Å²) in [5, 5.41) is 6.54. The van der Waals surface area contributed by atoms with Crippen LogP contribution in [0.4, 0.5) is 0 Å². The van der Waals surface area contributed by atoms with Crippen LogP contribution in [0.5, 0.6) is 0 Å². The molecule has 0 aliphatic rings. The molecule has 23 heavy (non-hydrogen) atoms. The standard InChI is InChI=1S/C16H24N4OS.HI/c1-16(2,3)13-11-22-14(19-13)9-18-15(17-4)20(5)10-12-7-6-8-21-12;/h6-8,11H,9-10H2,1-5H3,(H,17,18);1H. The van der Waals surface area contributed by atoms with Gasteiger partial charge in [-0.05, 0) is 12.1 Å². The molecule has 2 heterocycles. The van der Waals surface area contributed by atoms with Crippen LogP contribution in [-0.4, -0.2) is 29.9 Å². The summed E-state index contributed by atoms with van der Waals surface area (Å²) in [5.41, 5.74) is 1.22. The Morgan fingerprint density at radius 3 is 2.70 bits per heavy atom. The van der Waals surface area contributed by atoms with Crippen LogP contribution in [0.25, 0.3) is 0 Å². The Morgan fingerprint density at radius 2 is 2.17 bits per heavy atom. The molecular formula is C16H25IN4OS. The van der Waals surface area contributed by atoms with E-state index in [0.717, 1.165) is 22.4 Å². The van der Waals surface area contributed by atoms with Gasteiger partial charge in [0.2, 0.25) is 0 Å². The van der Waals surface area contributed by atoms with Crippen LogP contribution in [0, 0.1) is 0 Å². The van der Waals surface area contributed by atoms with Crippen molar-refractivity contribution in [1.29, 1.82) is 0 Å². The minimum atomic E-state index is 0. The first-order chi connectivity index (χ1) is 10.4. The summed E-state index contributed by atoms with van der Waals surface area (Å²) in [6, 6.07) is 3.85. The van der Waals surface area contributed by atoms with Gasteiger partial charge < -0.3 is 14.6 Å². The number of nitrogens with one attached hydrogen (secondary N) is 1. The number of aromatic nitrogens is 1. The molecule has 7 heteroatoms. The molecule has 0 amide bonds. The second kappa shape index (κ2) is 8.68. The third-order valence-corrected chi connectivity index (χ3v) is 4.11. The first-order valence-electron chi connectivity index (χ1n) is 7.29. The van der Waals surface area contributed by atoms with Gasteiger partial charge in [0.05, 0.1) is 25.0 Å². The first-order valence-corrected chi connectivity index (χ1v) is 8.17. The lowest BCUT2D eigenvalue weighted by Crippen LogP contribution is -2.37. The zero-order chi connectivity index (χ0) is 16.2. The third kappa shape index (κ3) is 5.80. The zero-order valence-electron chi connectivity index (χ0n) is 14.3. The second-order valence-electron chi connectivity index (χ2n) is 6.21. The molecule has 128 valence electrons. The van der Waals surface area contributed by atoms with Gasteiger partial charge >= 0.3 is 0 Å². The highest BCUT2D eigenvalue weighted by Crippen LogP contribution is 2.23. The molecule has 0 aliphatic heterocycles. The number of rotatable bonds is 4. The lowest BCUT2D eigenvalue weighted by molar-refractivity contribution is 0.400. The molecular weight excluding hydrogens is 423 g/mol. The highest BCUT2D eigenvalue weighted by molar-refractivity contribution is 14.0. The smallest absolute Gasteiger partial charge is 0.194 e. The van der Waals surface area contributed by atoms with E-state index in [2.05, 4.69) is 41.4 Å². The summed E-state index contributed by atoms with van der Waals surface area (Å²) >= 11 is 1.68. The lowest BCUT2D eigenvalue weighted by Gasteiger charge is -2.20. The van der Waals surface area contributed by atoms with Gasteiger partial charge in [-0.1, -0.05) is 20.8 Å². The van der Waals surface area contributed by atoms with E-state index in [0.29, 0.717) is 13.1 Å². The van der Waals surface area contributed by atoms with Crippen molar-refractivity contribution in [3.05, 3.63) is 40.2 Å². The fourth-order valence-electron chi connectivity index (χ4n) is 1.99. The Balaban J connectivity index is 0.00000264. The second-order valence-corrected chi connectivity index (χ2v) is 7.16. The summed E-state index contributed by atoms with van der Waals surface area (Å²) in [5.74, 6) is 1.73. The Labute approximate surface area is 159 Å². The summed E-state index contributed by atoms with van der Waals surface area (Å²) in [6.45, 7) is 7.88. The van der Waals surface area contributed by atoms with Crippen molar-refractivity contribution < 1.29 is 4.42 Å². The van der Waals surface area contributed by atoms with E-state index in [9.17, 15) is 0 Å². The van der Waals surface area contributed by atoms with Gasteiger partial charge in [0.1, 0.15) is 10.8 Å². The van der Waals surface area contributed by atoms with Crippen molar-refractivity contribution in [3.8, 4) is 0 Å². The zero-order valence-corrected chi connectivity index (χ0v) is 17.4. The Hall–Kier alpha value is -1.09. The quantitative estimate of drug-likeness (QED) is 0.439. The van der Waals surface area contributed by atoms with Crippen molar-refractivity contribution in [2.75, 3.05) is 14.1 Å². The number of hydrogen-bond acceptors (Lipinski definition) is 4. The van der Waals surface area contributed by atoms with Gasteiger partial charge in [0.15, 0.2) is 5.96 Å². The van der Waals surface area contributed by atoms with Crippen molar-refractivity contribution in [1.82, 2.24) is 15.2 Å². The van der Waals surface area contributed by atoms with E-state index in [-0.39, 0.29) is 29.4 Å². The molecule has 0 atom stereocenters. The molecule has 2 rings (SSSR count). The molecule has 0 saturated heterocycles. The average Bonchev–Trinajstić information content (AvgIpc) is 3.09. The Morgan fingerprint density at radius 1 is 1.43 bits per heavy atom. The molecule has 0 saturated carbocycles. The first kappa shape index (κ1) is 20.0. The SMILES string of the molecule is CN=C(NCc1nc(C(C)(C)C)cs1)N(C)Cc1ccco1.I. The molecule has 2 aromatic heterocycles. The summed E-state index contributed by atoms with van der Waals surface area (Å²) in [4.78, 5) is 11.0. The van der Waals surface area contributed by atoms with E-state index >= 15 is 0 Å². The highest BCUT2D eigenvalue weighted by Gasteiger charge is 2.17. The van der Waals surface area contributed by atoms with Crippen LogP contribution >= 0.6 is 35.3 Å². The van der Waals surface area contributed by atoms with Gasteiger partial charge in [-0.3, -0.25) is 4.99 Å². The minimum Gasteiger partial charge on any atom is -0.467 e. The van der Waals surface area contributed by atoms with E-state index in [4.69, 9.17) is 4.42 Å². The summed E-state index contributed by atoms with van der Waals surface area (Å²) in [6.07, 6.45) is 1.68. The monoisotopic (exact) mass is 448 g/mol. The van der Waals surface area contributed by atoms with E-state index in [1.54, 1.807) is 24.6 Å². The fraction of sp³-hybridized carbons (Fsp3) is 0.500. The number of hydrogen-bond donors (Lipinski definition) is 1. The molecule has 5 nitrogen and oxygen atoms in total. The highest BCUT2D eigenvalue weighted by atomic mass is 127. The molecule has 0 spiro atoms. The van der Waals surface area contributed by atoms with Crippen LogP contribution in [-0.2, 0) is 18.5 Å². The van der Waals surface area contributed by atoms with Crippen LogP contribution in [0.1, 0.15) is 37.2 Å². The van der Waals surface area contributed by atoms with Crippen molar-refractivity contribution >= 4 is 41.3 Å². The van der Waals surface area contributed by atoms with Crippen LogP contribution in [0.2, 0.25) is 0 Å². The number of thiazole rings is 1. The van der Waals surface area contributed by atoms with Crippen molar-refractivity contribution in [2.45, 2.75) is 39.3 Å². The van der Waals surface area contributed by atoms with Gasteiger partial charge in [-0.25, -0.2) is 4.98 Å². The van der Waals surface area contributed by atoms with Gasteiger partial charge in [0.25, 0.3) is 0 Å². The number of aliphatic imine (C=N–C) groups is 1. The maximum absolute atomic E-state index is 5.37. The van der Waals surface area contributed by atoms with Crippen LogP contribution in [0.3, 0.4) is 0 Å². The van der Waals surface area contributed by atoms with Gasteiger partial charge in [-0.2, -0.15) is 0 Å². The third-order valence-electron chi connectivity index (χ3n) is 3.26. The maximum Gasteiger partial charge on any atom is 0.194 e. The van der Waals surface area contributed by atoms with Gasteiger partial charge in [0, 0.05) is 24.9 Å². The van der Waals surface area contributed by atoms with E-state index in [1.807, 2.05) is 24.1 Å². The largest absolute Gasteiger partial charge is 0.467 e. The lowest BCUT2D eigenvalue weighted by atomic mass is 9.93. The topological polar surface area (TPSA) is 53.7 Å². The predicted octanol–water partition coefficient (Wildman–Crippen LogP) is 3.86. The number of guanidine groups is 1. The summed E-state index contributed by atoms with van der Waals surface area (Å²) in [7, 11) is 3.77. The Bertz CT molecular complexity index is 616. The molecule has 0 radical (unpaired) electrons. The minimum absolute atomic E-state index is 0. The maximum atomic E-state index is 5.37. The molecule has 0 fully saturated rings. The molecule has 2 aromatic rings. The van der Waals surface area contributed by atoms with Gasteiger partial charge in [-0.15, -0.1) is 35.3 Å². The van der Waals surface area contributed by atoms with E-state index < -0.39 is 0 Å².